The van der Waals surface area contributed by atoms with E-state index in [9.17, 15) is 31.5 Å². The number of para-hydroxylation sites is 2. The van der Waals surface area contributed by atoms with Crippen molar-refractivity contribution in [1.29, 1.82) is 0 Å². The van der Waals surface area contributed by atoms with Gasteiger partial charge in [0.25, 0.3) is 15.8 Å². The van der Waals surface area contributed by atoms with Crippen molar-refractivity contribution >= 4 is 49.3 Å². The second-order valence-corrected chi connectivity index (χ2v) is 8.41. The van der Waals surface area contributed by atoms with Gasteiger partial charge >= 0.3 is 0 Å². The van der Waals surface area contributed by atoms with Gasteiger partial charge in [0.05, 0.1) is 21.2 Å². The van der Waals surface area contributed by atoms with Gasteiger partial charge in [-0.15, -0.1) is 0 Å². The number of nitro groups is 1. The highest BCUT2D eigenvalue weighted by Crippen LogP contribution is 2.37. The summed E-state index contributed by atoms with van der Waals surface area (Å²) in [4.78, 5) is 9.96. The lowest BCUT2D eigenvalue weighted by Gasteiger charge is -2.17. The molecule has 0 fully saturated rings. The third kappa shape index (κ3) is 4.74. The molecule has 0 aromatic heterocycles. The molecule has 0 spiro atoms. The van der Waals surface area contributed by atoms with Crippen LogP contribution in [0.3, 0.4) is 0 Å². The first kappa shape index (κ1) is 21.2. The molecule has 3 rings (SSSR count). The SMILES string of the molecule is O=[N+]([O-])c1cc([SH](=O)=O)ccc1Nc1cccc(S(=O)(=O)O)c1Nc1ccccc1. The lowest BCUT2D eigenvalue weighted by Crippen LogP contribution is -2.07. The van der Waals surface area contributed by atoms with Crippen LogP contribution >= 0.6 is 0 Å². The fourth-order valence-corrected chi connectivity index (χ4v) is 3.77. The van der Waals surface area contributed by atoms with E-state index in [0.29, 0.717) is 5.69 Å². The Morgan fingerprint density at radius 2 is 1.60 bits per heavy atom. The maximum absolute atomic E-state index is 11.9. The molecular weight excluding hydrogens is 434 g/mol. The first-order chi connectivity index (χ1) is 14.2. The molecule has 0 heterocycles. The Hall–Kier alpha value is -3.48. The van der Waals surface area contributed by atoms with Crippen molar-refractivity contribution in [2.45, 2.75) is 9.79 Å². The summed E-state index contributed by atoms with van der Waals surface area (Å²) >= 11 is 0. The second-order valence-electron chi connectivity index (χ2n) is 5.99. The van der Waals surface area contributed by atoms with Gasteiger partial charge < -0.3 is 10.6 Å². The van der Waals surface area contributed by atoms with E-state index in [2.05, 4.69) is 10.6 Å². The Morgan fingerprint density at radius 3 is 2.20 bits per heavy atom. The number of anilines is 4. The summed E-state index contributed by atoms with van der Waals surface area (Å²) in [6.45, 7) is 0. The molecular formula is C18H15N3O7S2. The van der Waals surface area contributed by atoms with Gasteiger partial charge in [-0.2, -0.15) is 8.42 Å². The van der Waals surface area contributed by atoms with Crippen molar-refractivity contribution in [2.24, 2.45) is 0 Å². The quantitative estimate of drug-likeness (QED) is 0.184. The Kier molecular flexibility index (Phi) is 6.01. The lowest BCUT2D eigenvalue weighted by atomic mass is 10.2. The van der Waals surface area contributed by atoms with Crippen molar-refractivity contribution in [3.05, 3.63) is 76.8 Å². The van der Waals surface area contributed by atoms with E-state index in [1.807, 2.05) is 0 Å². The van der Waals surface area contributed by atoms with Crippen molar-refractivity contribution in [1.82, 2.24) is 0 Å². The van der Waals surface area contributed by atoms with Crippen molar-refractivity contribution < 1.29 is 26.3 Å². The van der Waals surface area contributed by atoms with Crippen LogP contribution in [-0.4, -0.2) is 26.3 Å². The molecule has 0 unspecified atom stereocenters. The summed E-state index contributed by atoms with van der Waals surface area (Å²) in [5, 5.41) is 17.0. The smallest absolute Gasteiger partial charge is 0.296 e. The molecule has 3 N–H and O–H groups in total. The summed E-state index contributed by atoms with van der Waals surface area (Å²) < 4.78 is 55.6. The lowest BCUT2D eigenvalue weighted by molar-refractivity contribution is -0.384. The Bertz CT molecular complexity index is 1280. The number of nitrogens with zero attached hydrogens (tertiary/aromatic N) is 1. The number of rotatable bonds is 7. The molecule has 0 aliphatic heterocycles. The van der Waals surface area contributed by atoms with Gasteiger partial charge in [0.2, 0.25) is 0 Å². The fraction of sp³-hybridized carbons (Fsp3) is 0. The maximum Gasteiger partial charge on any atom is 0.296 e. The molecule has 10 nitrogen and oxygen atoms in total. The number of thiol groups is 1. The molecule has 12 heteroatoms. The highest BCUT2D eigenvalue weighted by molar-refractivity contribution is 7.86. The second kappa shape index (κ2) is 8.49. The maximum atomic E-state index is 11.9. The third-order valence-electron chi connectivity index (χ3n) is 4.01. The molecule has 0 saturated heterocycles. The predicted octanol–water partition coefficient (Wildman–Crippen LogP) is 3.30. The van der Waals surface area contributed by atoms with E-state index in [0.717, 1.165) is 6.07 Å². The first-order valence-electron chi connectivity index (χ1n) is 8.29. The van der Waals surface area contributed by atoms with Crippen LogP contribution in [0.2, 0.25) is 0 Å². The molecule has 0 aliphatic rings. The molecule has 0 saturated carbocycles. The Labute approximate surface area is 173 Å². The van der Waals surface area contributed by atoms with Crippen LogP contribution in [0.5, 0.6) is 0 Å². The van der Waals surface area contributed by atoms with Gasteiger partial charge in [-0.3, -0.25) is 14.7 Å². The van der Waals surface area contributed by atoms with Gasteiger partial charge in [-0.05, 0) is 36.4 Å². The van der Waals surface area contributed by atoms with Crippen molar-refractivity contribution in [3.8, 4) is 0 Å². The summed E-state index contributed by atoms with van der Waals surface area (Å²) in [5.74, 6) is 0. The zero-order chi connectivity index (χ0) is 21.9. The summed E-state index contributed by atoms with van der Waals surface area (Å²) in [7, 11) is -7.65. The number of nitrogens with one attached hydrogen (secondary N) is 2. The van der Waals surface area contributed by atoms with E-state index in [-0.39, 0.29) is 22.0 Å². The van der Waals surface area contributed by atoms with Crippen LogP contribution in [0, 0.1) is 10.1 Å². The zero-order valence-corrected chi connectivity index (χ0v) is 16.8. The summed E-state index contributed by atoms with van der Waals surface area (Å²) in [6.07, 6.45) is 0. The van der Waals surface area contributed by atoms with Crippen LogP contribution in [0.15, 0.2) is 76.5 Å². The van der Waals surface area contributed by atoms with Crippen LogP contribution in [0.4, 0.5) is 28.4 Å². The zero-order valence-electron chi connectivity index (χ0n) is 15.1. The van der Waals surface area contributed by atoms with Gasteiger partial charge in [-0.1, -0.05) is 24.3 Å². The molecule has 0 amide bonds. The average molecular weight is 449 g/mol. The van der Waals surface area contributed by atoms with E-state index in [1.54, 1.807) is 30.3 Å². The molecule has 0 aliphatic carbocycles. The van der Waals surface area contributed by atoms with Gasteiger partial charge in [0.15, 0.2) is 10.7 Å². The van der Waals surface area contributed by atoms with E-state index >= 15 is 0 Å². The standard InChI is InChI=1S/C18H15N3O7S2/c22-21(23)16-11-13(29(24)25)9-10-14(16)20-15-7-4-8-17(30(26,27)28)18(15)19-12-5-2-1-3-6-12/h1-11,19-20,29H,(H,26,27,28). The monoisotopic (exact) mass is 449 g/mol. The Morgan fingerprint density at radius 1 is 0.900 bits per heavy atom. The fourth-order valence-electron chi connectivity index (χ4n) is 2.68. The highest BCUT2D eigenvalue weighted by Gasteiger charge is 2.21. The van der Waals surface area contributed by atoms with E-state index < -0.39 is 36.3 Å². The number of benzene rings is 3. The molecule has 0 bridgehead atoms. The number of nitro benzene ring substituents is 1. The normalized spacial score (nSPS) is 11.3. The van der Waals surface area contributed by atoms with Crippen molar-refractivity contribution in [2.75, 3.05) is 10.6 Å². The third-order valence-corrected chi connectivity index (χ3v) is 5.60. The van der Waals surface area contributed by atoms with E-state index in [4.69, 9.17) is 0 Å². The van der Waals surface area contributed by atoms with Gasteiger partial charge in [0.1, 0.15) is 10.6 Å². The van der Waals surface area contributed by atoms with E-state index in [1.165, 1.54) is 30.3 Å². The van der Waals surface area contributed by atoms with Crippen LogP contribution in [0.1, 0.15) is 0 Å². The predicted molar refractivity (Wildman–Crippen MR) is 111 cm³/mol. The Balaban J connectivity index is 2.14. The van der Waals surface area contributed by atoms with Crippen LogP contribution in [-0.2, 0) is 20.8 Å². The van der Waals surface area contributed by atoms with Crippen LogP contribution in [0.25, 0.3) is 0 Å². The largest absolute Gasteiger partial charge is 0.353 e. The highest BCUT2D eigenvalue weighted by atomic mass is 32.2. The minimum Gasteiger partial charge on any atom is -0.353 e. The van der Waals surface area contributed by atoms with Gasteiger partial charge in [0, 0.05) is 11.8 Å². The van der Waals surface area contributed by atoms with Crippen LogP contribution < -0.4 is 10.6 Å². The van der Waals surface area contributed by atoms with Crippen molar-refractivity contribution in [3.63, 3.8) is 0 Å². The first-order valence-corrected chi connectivity index (χ1v) is 10.9. The number of hydrogen-bond donors (Lipinski definition) is 4. The van der Waals surface area contributed by atoms with Gasteiger partial charge in [-0.25, -0.2) is 8.42 Å². The minimum absolute atomic E-state index is 0.0422. The molecule has 3 aromatic carbocycles. The summed E-state index contributed by atoms with van der Waals surface area (Å²) in [6, 6.07) is 15.7. The molecule has 0 radical (unpaired) electrons. The average Bonchev–Trinajstić information content (AvgIpc) is 2.69. The minimum atomic E-state index is -4.63. The molecule has 156 valence electrons. The summed E-state index contributed by atoms with van der Waals surface area (Å²) in [5.41, 5.74) is -0.0144. The molecule has 30 heavy (non-hydrogen) atoms. The number of hydrogen-bond acceptors (Lipinski definition) is 8. The topological polar surface area (TPSA) is 156 Å². The molecule has 3 aromatic rings. The molecule has 0 atom stereocenters.